The van der Waals surface area contributed by atoms with Gasteiger partial charge in [-0.15, -0.1) is 0 Å². The average Bonchev–Trinajstić information content (AvgIpc) is 2.13. The summed E-state index contributed by atoms with van der Waals surface area (Å²) in [6.45, 7) is 20.2. The number of hydrogen-bond acceptors (Lipinski definition) is 0. The SMILES string of the molecule is C=C(Cc1cccbc1C(C)(C)C)CC(C)(C)C. The molecule has 0 unspecified atom stereocenters. The fourth-order valence-electron chi connectivity index (χ4n) is 2.49. The van der Waals surface area contributed by atoms with E-state index in [-0.39, 0.29) is 5.41 Å². The predicted molar refractivity (Wildman–Crippen MR) is 83.4 cm³/mol. The average molecular weight is 242 g/mol. The second kappa shape index (κ2) is 5.42. The standard InChI is InChI=1S/C17H27B/c1-13(12-16(2,3)4)11-14-9-8-10-18-15(14)17(5,6)7/h8-10H,1,11-12H2,2-7H3. The van der Waals surface area contributed by atoms with E-state index in [0.29, 0.717) is 5.41 Å². The Balaban J connectivity index is 2.89. The molecule has 18 heavy (non-hydrogen) atoms. The van der Waals surface area contributed by atoms with Gasteiger partial charge in [0.15, 0.2) is 0 Å². The van der Waals surface area contributed by atoms with Crippen LogP contribution in [0.1, 0.15) is 59.0 Å². The summed E-state index contributed by atoms with van der Waals surface area (Å²) in [6, 6.07) is 4.38. The molecule has 1 aromatic rings. The van der Waals surface area contributed by atoms with Crippen molar-refractivity contribution in [3.8, 4) is 0 Å². The fraction of sp³-hybridized carbons (Fsp3) is 0.588. The normalized spacial score (nSPS) is 12.3. The van der Waals surface area contributed by atoms with Gasteiger partial charge in [-0.05, 0) is 0 Å². The van der Waals surface area contributed by atoms with E-state index in [9.17, 15) is 0 Å². The first kappa shape index (κ1) is 15.2. The molecular formula is C17H27B. The summed E-state index contributed by atoms with van der Waals surface area (Å²) in [4.78, 5) is 0. The molecule has 0 amide bonds. The van der Waals surface area contributed by atoms with Crippen LogP contribution in [-0.2, 0) is 11.8 Å². The maximum atomic E-state index is 4.26. The van der Waals surface area contributed by atoms with Crippen LogP contribution in [0.3, 0.4) is 0 Å². The number of hydrogen-bond donors (Lipinski definition) is 0. The van der Waals surface area contributed by atoms with E-state index in [2.05, 4.69) is 73.1 Å². The summed E-state index contributed by atoms with van der Waals surface area (Å²) in [5, 5.41) is 0. The van der Waals surface area contributed by atoms with Crippen LogP contribution in [0.2, 0.25) is 0 Å². The zero-order valence-corrected chi connectivity index (χ0v) is 12.9. The van der Waals surface area contributed by atoms with Crippen molar-refractivity contribution in [2.75, 3.05) is 0 Å². The fourth-order valence-corrected chi connectivity index (χ4v) is 2.49. The van der Waals surface area contributed by atoms with E-state index in [1.165, 1.54) is 16.6 Å². The van der Waals surface area contributed by atoms with E-state index in [1.54, 1.807) is 0 Å². The van der Waals surface area contributed by atoms with Crippen LogP contribution < -0.4 is 0 Å². The van der Waals surface area contributed by atoms with Crippen molar-refractivity contribution in [1.29, 1.82) is 0 Å². The second-order valence-electron chi connectivity index (χ2n) is 7.57. The molecule has 0 aliphatic rings. The van der Waals surface area contributed by atoms with Crippen molar-refractivity contribution in [2.24, 2.45) is 5.41 Å². The zero-order valence-electron chi connectivity index (χ0n) is 12.9. The van der Waals surface area contributed by atoms with Crippen molar-refractivity contribution in [3.63, 3.8) is 0 Å². The summed E-state index contributed by atoms with van der Waals surface area (Å²) in [5.41, 5.74) is 4.74. The minimum atomic E-state index is 0.207. The molecular weight excluding hydrogens is 215 g/mol. The Bertz CT molecular complexity index is 416. The Morgan fingerprint density at radius 2 is 1.78 bits per heavy atom. The molecule has 1 heterocycles. The summed E-state index contributed by atoms with van der Waals surface area (Å²) < 4.78 is 0. The van der Waals surface area contributed by atoms with Gasteiger partial charge in [0, 0.05) is 0 Å². The molecule has 0 radical (unpaired) electrons. The van der Waals surface area contributed by atoms with Crippen molar-refractivity contribution in [3.05, 3.63) is 41.3 Å². The van der Waals surface area contributed by atoms with Gasteiger partial charge in [-0.2, -0.15) is 0 Å². The topological polar surface area (TPSA) is 0 Å². The quantitative estimate of drug-likeness (QED) is 0.664. The van der Waals surface area contributed by atoms with Gasteiger partial charge in [0.2, 0.25) is 0 Å². The van der Waals surface area contributed by atoms with Crippen molar-refractivity contribution in [2.45, 2.75) is 59.8 Å². The van der Waals surface area contributed by atoms with Crippen LogP contribution in [0, 0.1) is 5.41 Å². The Morgan fingerprint density at radius 3 is 2.28 bits per heavy atom. The van der Waals surface area contributed by atoms with Crippen LogP contribution in [0.5, 0.6) is 0 Å². The summed E-state index contributed by atoms with van der Waals surface area (Å²) in [7, 11) is 0. The predicted octanol–water partition coefficient (Wildman–Crippen LogP) is 4.86. The Morgan fingerprint density at radius 1 is 1.17 bits per heavy atom. The molecule has 0 fully saturated rings. The molecule has 1 aromatic heterocycles. The van der Waals surface area contributed by atoms with E-state index in [0.717, 1.165) is 12.8 Å². The van der Waals surface area contributed by atoms with Crippen LogP contribution in [0.25, 0.3) is 0 Å². The first-order valence-electron chi connectivity index (χ1n) is 6.85. The molecule has 0 aromatic carbocycles. The first-order chi connectivity index (χ1) is 8.09. The molecule has 0 N–H and O–H groups in total. The third-order valence-electron chi connectivity index (χ3n) is 3.05. The second-order valence-corrected chi connectivity index (χ2v) is 7.57. The van der Waals surface area contributed by atoms with Crippen LogP contribution in [0.4, 0.5) is 0 Å². The van der Waals surface area contributed by atoms with Gasteiger partial charge in [0.25, 0.3) is 0 Å². The summed E-state index contributed by atoms with van der Waals surface area (Å²) in [5.74, 6) is 2.14. The molecule has 0 atom stereocenters. The molecule has 0 aliphatic carbocycles. The summed E-state index contributed by atoms with van der Waals surface area (Å²) >= 11 is 0. The number of rotatable bonds is 3. The Kier molecular flexibility index (Phi) is 4.58. The van der Waals surface area contributed by atoms with E-state index in [1.807, 2.05) is 0 Å². The van der Waals surface area contributed by atoms with Gasteiger partial charge in [-0.25, -0.2) is 0 Å². The third-order valence-corrected chi connectivity index (χ3v) is 3.05. The zero-order chi connectivity index (χ0) is 14.0. The van der Waals surface area contributed by atoms with Crippen molar-refractivity contribution < 1.29 is 0 Å². The van der Waals surface area contributed by atoms with Crippen LogP contribution in [0.15, 0.2) is 30.2 Å². The Hall–Kier alpha value is -0.845. The summed E-state index contributed by atoms with van der Waals surface area (Å²) in [6.07, 6.45) is 2.09. The molecule has 0 spiro atoms. The Labute approximate surface area is 114 Å². The minimum absolute atomic E-state index is 0.207. The van der Waals surface area contributed by atoms with Gasteiger partial charge in [0.05, 0.1) is 0 Å². The van der Waals surface area contributed by atoms with Crippen LogP contribution >= 0.6 is 0 Å². The maximum absolute atomic E-state index is 4.26. The monoisotopic (exact) mass is 242 g/mol. The molecule has 0 nitrogen and oxygen atoms in total. The third kappa shape index (κ3) is 4.80. The van der Waals surface area contributed by atoms with Crippen LogP contribution in [-0.4, -0.2) is 6.91 Å². The molecule has 1 heteroatoms. The molecule has 0 saturated heterocycles. The van der Waals surface area contributed by atoms with E-state index in [4.69, 9.17) is 0 Å². The van der Waals surface area contributed by atoms with Crippen molar-refractivity contribution >= 4 is 6.91 Å². The molecule has 0 saturated carbocycles. The molecule has 98 valence electrons. The van der Waals surface area contributed by atoms with Gasteiger partial charge in [-0.3, -0.25) is 0 Å². The van der Waals surface area contributed by atoms with Crippen molar-refractivity contribution in [1.82, 2.24) is 0 Å². The first-order valence-corrected chi connectivity index (χ1v) is 6.85. The van der Waals surface area contributed by atoms with Gasteiger partial charge in [0.1, 0.15) is 0 Å². The van der Waals surface area contributed by atoms with Gasteiger partial charge >= 0.3 is 113 Å². The number of allylic oxidation sites excluding steroid dienone is 1. The van der Waals surface area contributed by atoms with Gasteiger partial charge < -0.3 is 0 Å². The van der Waals surface area contributed by atoms with E-state index >= 15 is 0 Å². The van der Waals surface area contributed by atoms with Gasteiger partial charge in [-0.1, -0.05) is 0 Å². The molecule has 0 aliphatic heterocycles. The van der Waals surface area contributed by atoms with E-state index < -0.39 is 0 Å². The molecule has 1 rings (SSSR count). The molecule has 0 bridgehead atoms.